The normalized spacial score (nSPS) is 13.6. The molecule has 2 N–H and O–H groups in total. The van der Waals surface area contributed by atoms with Crippen molar-refractivity contribution in [3.05, 3.63) is 78.1 Å². The van der Waals surface area contributed by atoms with Crippen molar-refractivity contribution in [3.63, 3.8) is 0 Å². The molecule has 26 heavy (non-hydrogen) atoms. The lowest BCUT2D eigenvalue weighted by Crippen LogP contribution is -2.39. The molecule has 0 saturated carbocycles. The summed E-state index contributed by atoms with van der Waals surface area (Å²) in [4.78, 5) is 4.38. The number of aromatic nitrogens is 1. The maximum absolute atomic E-state index is 9.41. The molecule has 1 aromatic heterocycles. The predicted molar refractivity (Wildman–Crippen MR) is 108 cm³/mol. The van der Waals surface area contributed by atoms with E-state index in [2.05, 4.69) is 65.8 Å². The molecule has 0 radical (unpaired) electrons. The van der Waals surface area contributed by atoms with Crippen molar-refractivity contribution < 1.29 is 5.11 Å². The van der Waals surface area contributed by atoms with E-state index in [0.29, 0.717) is 12.1 Å². The quantitative estimate of drug-likeness (QED) is 0.611. The highest BCUT2D eigenvalue weighted by Gasteiger charge is 2.13. The third-order valence-electron chi connectivity index (χ3n) is 4.92. The maximum atomic E-state index is 9.41. The van der Waals surface area contributed by atoms with Crippen LogP contribution in [0.3, 0.4) is 0 Å². The lowest BCUT2D eigenvalue weighted by Gasteiger charge is -2.23. The minimum absolute atomic E-state index is 0.213. The van der Waals surface area contributed by atoms with Gasteiger partial charge in [-0.2, -0.15) is 0 Å². The zero-order valence-corrected chi connectivity index (χ0v) is 15.4. The summed E-state index contributed by atoms with van der Waals surface area (Å²) in [7, 11) is 0. The van der Waals surface area contributed by atoms with Crippen LogP contribution >= 0.6 is 0 Å². The van der Waals surface area contributed by atoms with Gasteiger partial charge in [0, 0.05) is 36.5 Å². The van der Waals surface area contributed by atoms with Crippen LogP contribution in [-0.4, -0.2) is 28.8 Å². The SMILES string of the molecule is CC(CCc1cncc2ccccc12)NC(CCO)Cc1ccccc1. The molecule has 2 atom stereocenters. The summed E-state index contributed by atoms with van der Waals surface area (Å²) in [6, 6.07) is 19.6. The number of hydrogen-bond acceptors (Lipinski definition) is 3. The van der Waals surface area contributed by atoms with Gasteiger partial charge in [-0.15, -0.1) is 0 Å². The molecule has 1 heterocycles. The van der Waals surface area contributed by atoms with Crippen LogP contribution in [-0.2, 0) is 12.8 Å². The van der Waals surface area contributed by atoms with Crippen LogP contribution in [0.15, 0.2) is 67.0 Å². The fourth-order valence-corrected chi connectivity index (χ4v) is 3.53. The fourth-order valence-electron chi connectivity index (χ4n) is 3.53. The van der Waals surface area contributed by atoms with Gasteiger partial charge < -0.3 is 10.4 Å². The molecule has 0 aliphatic carbocycles. The number of aliphatic hydroxyl groups excluding tert-OH is 1. The van der Waals surface area contributed by atoms with Crippen LogP contribution in [0.1, 0.15) is 30.9 Å². The van der Waals surface area contributed by atoms with E-state index in [0.717, 1.165) is 25.7 Å². The van der Waals surface area contributed by atoms with Gasteiger partial charge in [-0.3, -0.25) is 4.98 Å². The van der Waals surface area contributed by atoms with Gasteiger partial charge in [0.25, 0.3) is 0 Å². The second-order valence-electron chi connectivity index (χ2n) is 7.03. The first-order valence-corrected chi connectivity index (χ1v) is 9.48. The molecule has 0 aliphatic heterocycles. The highest BCUT2D eigenvalue weighted by Crippen LogP contribution is 2.19. The van der Waals surface area contributed by atoms with E-state index >= 15 is 0 Å². The largest absolute Gasteiger partial charge is 0.396 e. The Balaban J connectivity index is 1.58. The summed E-state index contributed by atoms with van der Waals surface area (Å²) in [5.74, 6) is 0. The van der Waals surface area contributed by atoms with Crippen molar-refractivity contribution in [1.29, 1.82) is 0 Å². The van der Waals surface area contributed by atoms with E-state index < -0.39 is 0 Å². The first kappa shape index (κ1) is 18.6. The van der Waals surface area contributed by atoms with E-state index in [1.54, 1.807) is 0 Å². The topological polar surface area (TPSA) is 45.2 Å². The molecule has 0 aliphatic rings. The average Bonchev–Trinajstić information content (AvgIpc) is 2.67. The van der Waals surface area contributed by atoms with Crippen molar-refractivity contribution in [3.8, 4) is 0 Å². The van der Waals surface area contributed by atoms with Crippen molar-refractivity contribution in [2.24, 2.45) is 0 Å². The molecule has 136 valence electrons. The summed E-state index contributed by atoms with van der Waals surface area (Å²) in [6.45, 7) is 2.44. The first-order chi connectivity index (χ1) is 12.8. The number of aliphatic hydroxyl groups is 1. The second kappa shape index (κ2) is 9.46. The van der Waals surface area contributed by atoms with Gasteiger partial charge >= 0.3 is 0 Å². The minimum atomic E-state index is 0.213. The number of fused-ring (bicyclic) bond motifs is 1. The highest BCUT2D eigenvalue weighted by molar-refractivity contribution is 5.84. The Kier molecular flexibility index (Phi) is 6.75. The smallest absolute Gasteiger partial charge is 0.0445 e. The molecule has 3 rings (SSSR count). The number of benzene rings is 2. The predicted octanol–water partition coefficient (Wildman–Crippen LogP) is 4.14. The van der Waals surface area contributed by atoms with Gasteiger partial charge in [-0.25, -0.2) is 0 Å². The van der Waals surface area contributed by atoms with Crippen LogP contribution in [0.4, 0.5) is 0 Å². The summed E-state index contributed by atoms with van der Waals surface area (Å²) < 4.78 is 0. The van der Waals surface area contributed by atoms with Gasteiger partial charge in [-0.1, -0.05) is 54.6 Å². The molecule has 2 unspecified atom stereocenters. The molecular formula is C23H28N2O. The molecule has 3 aromatic rings. The van der Waals surface area contributed by atoms with Crippen molar-refractivity contribution >= 4 is 10.8 Å². The Morgan fingerprint density at radius 1 is 0.962 bits per heavy atom. The third kappa shape index (κ3) is 5.13. The first-order valence-electron chi connectivity index (χ1n) is 9.48. The molecule has 0 amide bonds. The number of nitrogens with zero attached hydrogens (tertiary/aromatic N) is 1. The van der Waals surface area contributed by atoms with Gasteiger partial charge in [0.1, 0.15) is 0 Å². The summed E-state index contributed by atoms with van der Waals surface area (Å²) in [6.07, 6.45) is 7.69. The van der Waals surface area contributed by atoms with E-state index in [1.807, 2.05) is 18.5 Å². The van der Waals surface area contributed by atoms with Gasteiger partial charge in [0.05, 0.1) is 0 Å². The Hall–Kier alpha value is -2.23. The molecule has 3 nitrogen and oxygen atoms in total. The number of aryl methyl sites for hydroxylation is 1. The number of nitrogens with one attached hydrogen (secondary N) is 1. The summed E-state index contributed by atoms with van der Waals surface area (Å²) >= 11 is 0. The van der Waals surface area contributed by atoms with E-state index in [1.165, 1.54) is 21.9 Å². The molecule has 0 spiro atoms. The summed E-state index contributed by atoms with van der Waals surface area (Å²) in [5.41, 5.74) is 2.61. The fraction of sp³-hybridized carbons (Fsp3) is 0.348. The van der Waals surface area contributed by atoms with Crippen LogP contribution in [0.25, 0.3) is 10.8 Å². The maximum Gasteiger partial charge on any atom is 0.0445 e. The third-order valence-corrected chi connectivity index (χ3v) is 4.92. The number of rotatable bonds is 9. The standard InChI is InChI=1S/C23H28N2O/c1-18(25-22(13-14-26)15-19-7-3-2-4-8-19)11-12-21-17-24-16-20-9-5-6-10-23(20)21/h2-10,16-18,22,25-26H,11-15H2,1H3. The Morgan fingerprint density at radius 2 is 1.73 bits per heavy atom. The Bertz CT molecular complexity index is 798. The average molecular weight is 348 g/mol. The van der Waals surface area contributed by atoms with Crippen LogP contribution in [0.2, 0.25) is 0 Å². The molecule has 3 heteroatoms. The van der Waals surface area contributed by atoms with Crippen LogP contribution in [0.5, 0.6) is 0 Å². The Morgan fingerprint density at radius 3 is 2.54 bits per heavy atom. The Labute approximate surface area is 156 Å². The molecule has 0 bridgehead atoms. The molecule has 2 aromatic carbocycles. The van der Waals surface area contributed by atoms with Gasteiger partial charge in [0.2, 0.25) is 0 Å². The monoisotopic (exact) mass is 348 g/mol. The zero-order chi connectivity index (χ0) is 18.2. The number of pyridine rings is 1. The van der Waals surface area contributed by atoms with Crippen LogP contribution < -0.4 is 5.32 Å². The second-order valence-corrected chi connectivity index (χ2v) is 7.03. The van der Waals surface area contributed by atoms with Crippen LogP contribution in [0, 0.1) is 0 Å². The van der Waals surface area contributed by atoms with E-state index in [4.69, 9.17) is 0 Å². The highest BCUT2D eigenvalue weighted by atomic mass is 16.3. The molecular weight excluding hydrogens is 320 g/mol. The van der Waals surface area contributed by atoms with Gasteiger partial charge in [0.15, 0.2) is 0 Å². The van der Waals surface area contributed by atoms with Crippen molar-refractivity contribution in [2.45, 2.75) is 44.7 Å². The lowest BCUT2D eigenvalue weighted by atomic mass is 9.99. The number of hydrogen-bond donors (Lipinski definition) is 2. The van der Waals surface area contributed by atoms with E-state index in [-0.39, 0.29) is 6.61 Å². The van der Waals surface area contributed by atoms with Crippen molar-refractivity contribution in [2.75, 3.05) is 6.61 Å². The summed E-state index contributed by atoms with van der Waals surface area (Å²) in [5, 5.41) is 15.6. The minimum Gasteiger partial charge on any atom is -0.396 e. The zero-order valence-electron chi connectivity index (χ0n) is 15.4. The van der Waals surface area contributed by atoms with E-state index in [9.17, 15) is 5.11 Å². The molecule has 0 saturated heterocycles. The lowest BCUT2D eigenvalue weighted by molar-refractivity contribution is 0.257. The van der Waals surface area contributed by atoms with Crippen molar-refractivity contribution in [1.82, 2.24) is 10.3 Å². The molecule has 0 fully saturated rings. The van der Waals surface area contributed by atoms with Gasteiger partial charge in [-0.05, 0) is 49.1 Å².